The lowest BCUT2D eigenvalue weighted by Crippen LogP contribution is -2.24. The molecule has 4 rings (SSSR count). The molecule has 2 heterocycles. The van der Waals surface area contributed by atoms with Crippen molar-refractivity contribution in [2.24, 2.45) is 0 Å². The van der Waals surface area contributed by atoms with Gasteiger partial charge in [-0.05, 0) is 48.1 Å². The Labute approximate surface area is 177 Å². The number of aromatic amines is 1. The van der Waals surface area contributed by atoms with E-state index in [0.29, 0.717) is 34.6 Å². The molecular formula is C22H18N4O3S. The third-order valence-electron chi connectivity index (χ3n) is 4.63. The van der Waals surface area contributed by atoms with Crippen LogP contribution in [0.15, 0.2) is 71.7 Å². The van der Waals surface area contributed by atoms with Gasteiger partial charge in [0.05, 0.1) is 23.7 Å². The van der Waals surface area contributed by atoms with E-state index in [1.165, 1.54) is 4.57 Å². The summed E-state index contributed by atoms with van der Waals surface area (Å²) in [6, 6.07) is 17.6. The SMILES string of the molecule is COc1ccc(CNC(=O)c2ccc3c(=O)n(-c4ccccc4)c(=S)[nH]c3c2)cn1. The maximum absolute atomic E-state index is 13.0. The average molecular weight is 418 g/mol. The minimum absolute atomic E-state index is 0.240. The highest BCUT2D eigenvalue weighted by Crippen LogP contribution is 2.14. The van der Waals surface area contributed by atoms with Gasteiger partial charge in [-0.3, -0.25) is 14.2 Å². The first-order chi connectivity index (χ1) is 14.6. The molecule has 0 aliphatic heterocycles. The molecule has 150 valence electrons. The largest absolute Gasteiger partial charge is 0.481 e. The van der Waals surface area contributed by atoms with Crippen molar-refractivity contribution in [3.63, 3.8) is 0 Å². The van der Waals surface area contributed by atoms with Crippen molar-refractivity contribution in [1.82, 2.24) is 19.9 Å². The van der Waals surface area contributed by atoms with Gasteiger partial charge in [0.15, 0.2) is 4.77 Å². The number of methoxy groups -OCH3 is 1. The number of benzene rings is 2. The monoisotopic (exact) mass is 418 g/mol. The van der Waals surface area contributed by atoms with Crippen molar-refractivity contribution < 1.29 is 9.53 Å². The number of ether oxygens (including phenoxy) is 1. The zero-order valence-electron chi connectivity index (χ0n) is 16.1. The lowest BCUT2D eigenvalue weighted by atomic mass is 10.1. The van der Waals surface area contributed by atoms with E-state index in [-0.39, 0.29) is 16.2 Å². The third-order valence-corrected chi connectivity index (χ3v) is 4.92. The second-order valence-corrected chi connectivity index (χ2v) is 6.94. The number of hydrogen-bond donors (Lipinski definition) is 2. The van der Waals surface area contributed by atoms with E-state index in [1.807, 2.05) is 36.4 Å². The van der Waals surface area contributed by atoms with Crippen molar-refractivity contribution in [3.8, 4) is 11.6 Å². The summed E-state index contributed by atoms with van der Waals surface area (Å²) in [4.78, 5) is 32.7. The smallest absolute Gasteiger partial charge is 0.266 e. The van der Waals surface area contributed by atoms with E-state index in [0.717, 1.165) is 5.56 Å². The quantitative estimate of drug-likeness (QED) is 0.485. The molecule has 0 saturated heterocycles. The molecule has 0 radical (unpaired) electrons. The fourth-order valence-electron chi connectivity index (χ4n) is 3.09. The summed E-state index contributed by atoms with van der Waals surface area (Å²) in [5.74, 6) is 0.246. The molecule has 2 N–H and O–H groups in total. The molecule has 0 saturated carbocycles. The maximum atomic E-state index is 13.0. The molecule has 1 amide bonds. The van der Waals surface area contributed by atoms with Gasteiger partial charge in [-0.2, -0.15) is 0 Å². The van der Waals surface area contributed by atoms with Crippen LogP contribution in [0.1, 0.15) is 15.9 Å². The van der Waals surface area contributed by atoms with E-state index in [2.05, 4.69) is 15.3 Å². The summed E-state index contributed by atoms with van der Waals surface area (Å²) in [6.45, 7) is 0.319. The topological polar surface area (TPSA) is 89.0 Å². The molecule has 0 unspecified atom stereocenters. The maximum Gasteiger partial charge on any atom is 0.266 e. The van der Waals surface area contributed by atoms with Crippen LogP contribution in [0.2, 0.25) is 0 Å². The molecule has 4 aromatic rings. The van der Waals surface area contributed by atoms with E-state index >= 15 is 0 Å². The Bertz CT molecular complexity index is 1330. The minimum atomic E-state index is -0.265. The van der Waals surface area contributed by atoms with E-state index in [1.54, 1.807) is 37.6 Å². The van der Waals surface area contributed by atoms with E-state index < -0.39 is 0 Å². The van der Waals surface area contributed by atoms with Crippen molar-refractivity contribution >= 4 is 29.0 Å². The number of H-pyrrole nitrogens is 1. The summed E-state index contributed by atoms with van der Waals surface area (Å²) in [6.07, 6.45) is 1.64. The van der Waals surface area contributed by atoms with Gasteiger partial charge < -0.3 is 15.0 Å². The van der Waals surface area contributed by atoms with Gasteiger partial charge >= 0.3 is 0 Å². The Morgan fingerprint density at radius 3 is 2.67 bits per heavy atom. The zero-order chi connectivity index (χ0) is 21.1. The fraction of sp³-hybridized carbons (Fsp3) is 0.0909. The number of amides is 1. The van der Waals surface area contributed by atoms with E-state index in [9.17, 15) is 9.59 Å². The van der Waals surface area contributed by atoms with Gasteiger partial charge in [-0.1, -0.05) is 24.3 Å². The van der Waals surface area contributed by atoms with Crippen LogP contribution in [0.4, 0.5) is 0 Å². The second kappa shape index (κ2) is 8.30. The Hall–Kier alpha value is -3.78. The third kappa shape index (κ3) is 3.85. The molecule has 0 bridgehead atoms. The van der Waals surface area contributed by atoms with Gasteiger partial charge in [-0.25, -0.2) is 4.98 Å². The zero-order valence-corrected chi connectivity index (χ0v) is 16.9. The minimum Gasteiger partial charge on any atom is -0.481 e. The lowest BCUT2D eigenvalue weighted by Gasteiger charge is -2.10. The van der Waals surface area contributed by atoms with Crippen LogP contribution in [-0.4, -0.2) is 27.6 Å². The van der Waals surface area contributed by atoms with Gasteiger partial charge in [0.2, 0.25) is 5.88 Å². The Morgan fingerprint density at radius 1 is 1.17 bits per heavy atom. The Balaban J connectivity index is 1.61. The molecule has 2 aromatic carbocycles. The van der Waals surface area contributed by atoms with Crippen LogP contribution in [-0.2, 0) is 6.54 Å². The predicted molar refractivity (Wildman–Crippen MR) is 117 cm³/mol. The molecule has 2 aromatic heterocycles. The number of carbonyl (C=O) groups excluding carboxylic acids is 1. The molecule has 0 aliphatic rings. The second-order valence-electron chi connectivity index (χ2n) is 6.56. The molecule has 7 nitrogen and oxygen atoms in total. The van der Waals surface area contributed by atoms with E-state index in [4.69, 9.17) is 17.0 Å². The number of pyridine rings is 1. The number of carbonyl (C=O) groups is 1. The van der Waals surface area contributed by atoms with Crippen LogP contribution >= 0.6 is 12.2 Å². The van der Waals surface area contributed by atoms with Crippen molar-refractivity contribution in [2.75, 3.05) is 7.11 Å². The molecule has 30 heavy (non-hydrogen) atoms. The summed E-state index contributed by atoms with van der Waals surface area (Å²) in [7, 11) is 1.55. The molecular weight excluding hydrogens is 400 g/mol. The highest BCUT2D eigenvalue weighted by atomic mass is 32.1. The average Bonchev–Trinajstić information content (AvgIpc) is 2.78. The highest BCUT2D eigenvalue weighted by Gasteiger charge is 2.11. The first kappa shape index (κ1) is 19.5. The van der Waals surface area contributed by atoms with Crippen molar-refractivity contribution in [3.05, 3.63) is 93.1 Å². The van der Waals surface area contributed by atoms with Crippen LogP contribution < -0.4 is 15.6 Å². The number of rotatable bonds is 5. The van der Waals surface area contributed by atoms with Crippen molar-refractivity contribution in [2.45, 2.75) is 6.54 Å². The number of para-hydroxylation sites is 1. The summed E-state index contributed by atoms with van der Waals surface area (Å²) < 4.78 is 6.73. The first-order valence-electron chi connectivity index (χ1n) is 9.18. The van der Waals surface area contributed by atoms with Gasteiger partial charge in [0, 0.05) is 24.4 Å². The van der Waals surface area contributed by atoms with Gasteiger partial charge in [0.25, 0.3) is 11.5 Å². The summed E-state index contributed by atoms with van der Waals surface area (Å²) in [5, 5.41) is 3.29. The number of fused-ring (bicyclic) bond motifs is 1. The standard InChI is InChI=1S/C22H18N4O3S/c1-29-19-10-7-14(12-23-19)13-24-20(27)15-8-9-17-18(11-15)25-22(30)26(21(17)28)16-5-3-2-4-6-16/h2-12H,13H2,1H3,(H,24,27)(H,25,30). The summed E-state index contributed by atoms with van der Waals surface area (Å²) in [5.41, 5.74) is 2.22. The van der Waals surface area contributed by atoms with Crippen LogP contribution in [0.5, 0.6) is 5.88 Å². The van der Waals surface area contributed by atoms with Crippen molar-refractivity contribution in [1.29, 1.82) is 0 Å². The van der Waals surface area contributed by atoms with Crippen LogP contribution in [0.25, 0.3) is 16.6 Å². The number of hydrogen-bond acceptors (Lipinski definition) is 5. The summed E-state index contributed by atoms with van der Waals surface area (Å²) >= 11 is 5.38. The molecule has 0 atom stereocenters. The predicted octanol–water partition coefficient (Wildman–Crippen LogP) is 3.38. The molecule has 0 aliphatic carbocycles. The highest BCUT2D eigenvalue weighted by molar-refractivity contribution is 7.71. The van der Waals surface area contributed by atoms with Crippen LogP contribution in [0, 0.1) is 4.77 Å². The fourth-order valence-corrected chi connectivity index (χ4v) is 3.39. The number of nitrogens with zero attached hydrogens (tertiary/aromatic N) is 2. The Morgan fingerprint density at radius 2 is 1.97 bits per heavy atom. The van der Waals surface area contributed by atoms with Crippen LogP contribution in [0.3, 0.4) is 0 Å². The molecule has 0 spiro atoms. The Kier molecular flexibility index (Phi) is 5.40. The molecule has 8 heteroatoms. The van der Waals surface area contributed by atoms with Gasteiger partial charge in [-0.15, -0.1) is 0 Å². The molecule has 0 fully saturated rings. The number of nitrogens with one attached hydrogen (secondary N) is 2. The number of aromatic nitrogens is 3. The van der Waals surface area contributed by atoms with Gasteiger partial charge in [0.1, 0.15) is 0 Å². The first-order valence-corrected chi connectivity index (χ1v) is 9.59. The normalized spacial score (nSPS) is 10.7. The lowest BCUT2D eigenvalue weighted by molar-refractivity contribution is 0.0951.